The Kier molecular flexibility index (Phi) is 5.73. The van der Waals surface area contributed by atoms with E-state index >= 15 is 0 Å². The van der Waals surface area contributed by atoms with Gasteiger partial charge in [-0.1, -0.05) is 20.8 Å². The van der Waals surface area contributed by atoms with Crippen molar-refractivity contribution in [3.05, 3.63) is 59.7 Å². The van der Waals surface area contributed by atoms with Crippen LogP contribution < -0.4 is 10.5 Å². The van der Waals surface area contributed by atoms with Crippen LogP contribution in [0.3, 0.4) is 0 Å². The number of hydrogen-bond donors (Lipinski definition) is 1. The van der Waals surface area contributed by atoms with Crippen molar-refractivity contribution in [1.82, 2.24) is 4.90 Å². The lowest BCUT2D eigenvalue weighted by molar-refractivity contribution is 0.0704. The molecule has 28 heavy (non-hydrogen) atoms. The highest BCUT2D eigenvalue weighted by Crippen LogP contribution is 2.31. The average Bonchev–Trinajstić information content (AvgIpc) is 3.08. The number of nitrogens with zero attached hydrogens (tertiary/aromatic N) is 1. The predicted octanol–water partition coefficient (Wildman–Crippen LogP) is 4.62. The highest BCUT2D eigenvalue weighted by Gasteiger charge is 2.32. The van der Waals surface area contributed by atoms with Crippen LogP contribution in [0.2, 0.25) is 0 Å². The Balaban J connectivity index is 1.66. The zero-order chi connectivity index (χ0) is 20.3. The molecule has 148 valence electrons. The van der Waals surface area contributed by atoms with Gasteiger partial charge in [0, 0.05) is 23.7 Å². The van der Waals surface area contributed by atoms with Gasteiger partial charge in [-0.2, -0.15) is 0 Å². The molecule has 1 aliphatic heterocycles. The van der Waals surface area contributed by atoms with E-state index in [4.69, 9.17) is 10.5 Å². The second-order valence-electron chi connectivity index (χ2n) is 8.57. The van der Waals surface area contributed by atoms with Crippen LogP contribution >= 0.6 is 0 Å². The van der Waals surface area contributed by atoms with E-state index in [1.54, 1.807) is 36.4 Å². The van der Waals surface area contributed by atoms with Gasteiger partial charge in [0.15, 0.2) is 0 Å². The summed E-state index contributed by atoms with van der Waals surface area (Å²) in [5.41, 5.74) is 6.56. The number of carbonyl (C=O) groups is 2. The number of carbonyl (C=O) groups excluding carboxylic acids is 2. The topological polar surface area (TPSA) is 72.6 Å². The molecule has 0 aliphatic carbocycles. The molecule has 1 saturated heterocycles. The van der Waals surface area contributed by atoms with Crippen LogP contribution in [0.5, 0.6) is 11.5 Å². The Bertz CT molecular complexity index is 836. The zero-order valence-corrected chi connectivity index (χ0v) is 16.8. The number of nitrogens with two attached hydrogens (primary N) is 1. The lowest BCUT2D eigenvalue weighted by Gasteiger charge is -2.30. The molecule has 3 rings (SSSR count). The Hall–Kier alpha value is -2.82. The standard InChI is InChI=1S/C23H28N2O3/c1-23(2,3)15-18-5-4-14-25(18)22(27)17-8-12-20(13-9-17)28-19-10-6-16(7-11-19)21(24)26/h6-13,18H,4-5,14-15H2,1-3H3,(H2,24,26). The van der Waals surface area contributed by atoms with Crippen LogP contribution in [0.25, 0.3) is 0 Å². The highest BCUT2D eigenvalue weighted by molar-refractivity contribution is 5.94. The fraction of sp³-hybridized carbons (Fsp3) is 0.391. The molecule has 2 aromatic rings. The molecule has 0 bridgehead atoms. The largest absolute Gasteiger partial charge is 0.457 e. The quantitative estimate of drug-likeness (QED) is 0.823. The van der Waals surface area contributed by atoms with Crippen LogP contribution in [0.4, 0.5) is 0 Å². The lowest BCUT2D eigenvalue weighted by atomic mass is 9.87. The Morgan fingerprint density at radius 2 is 1.54 bits per heavy atom. The lowest BCUT2D eigenvalue weighted by Crippen LogP contribution is -2.37. The van der Waals surface area contributed by atoms with Crippen molar-refractivity contribution in [2.24, 2.45) is 11.1 Å². The van der Waals surface area contributed by atoms with Crippen LogP contribution in [0.1, 0.15) is 60.7 Å². The van der Waals surface area contributed by atoms with E-state index in [0.29, 0.717) is 28.7 Å². The van der Waals surface area contributed by atoms with Gasteiger partial charge in [0.25, 0.3) is 5.91 Å². The first-order valence-corrected chi connectivity index (χ1v) is 9.72. The maximum atomic E-state index is 13.0. The van der Waals surface area contributed by atoms with E-state index in [1.807, 2.05) is 17.0 Å². The minimum atomic E-state index is -0.471. The summed E-state index contributed by atoms with van der Waals surface area (Å²) in [6.45, 7) is 7.48. The molecule has 5 heteroatoms. The molecule has 2 amide bonds. The number of amides is 2. The molecule has 2 N–H and O–H groups in total. The number of rotatable bonds is 5. The minimum Gasteiger partial charge on any atom is -0.457 e. The number of ether oxygens (including phenoxy) is 1. The first-order valence-electron chi connectivity index (χ1n) is 9.72. The van der Waals surface area contributed by atoms with Gasteiger partial charge < -0.3 is 15.4 Å². The molecule has 1 atom stereocenters. The molecule has 0 aromatic heterocycles. The van der Waals surface area contributed by atoms with Crippen molar-refractivity contribution in [2.75, 3.05) is 6.54 Å². The van der Waals surface area contributed by atoms with Crippen molar-refractivity contribution in [3.8, 4) is 11.5 Å². The maximum Gasteiger partial charge on any atom is 0.254 e. The van der Waals surface area contributed by atoms with Gasteiger partial charge in [-0.15, -0.1) is 0 Å². The van der Waals surface area contributed by atoms with E-state index in [0.717, 1.165) is 25.8 Å². The summed E-state index contributed by atoms with van der Waals surface area (Å²) >= 11 is 0. The second kappa shape index (κ2) is 8.05. The summed E-state index contributed by atoms with van der Waals surface area (Å²) in [4.78, 5) is 26.1. The number of hydrogen-bond acceptors (Lipinski definition) is 3. The molecule has 1 aliphatic rings. The number of primary amides is 1. The number of benzene rings is 2. The summed E-state index contributed by atoms with van der Waals surface area (Å²) in [5.74, 6) is 0.857. The third-order valence-corrected chi connectivity index (χ3v) is 4.96. The van der Waals surface area contributed by atoms with Gasteiger partial charge >= 0.3 is 0 Å². The Morgan fingerprint density at radius 3 is 2.04 bits per heavy atom. The van der Waals surface area contributed by atoms with E-state index in [1.165, 1.54) is 0 Å². The van der Waals surface area contributed by atoms with Crippen molar-refractivity contribution in [1.29, 1.82) is 0 Å². The molecule has 1 unspecified atom stereocenters. The van der Waals surface area contributed by atoms with Gasteiger partial charge in [-0.05, 0) is 73.2 Å². The first kappa shape index (κ1) is 19.9. The molecular formula is C23H28N2O3. The highest BCUT2D eigenvalue weighted by atomic mass is 16.5. The molecule has 5 nitrogen and oxygen atoms in total. The van der Waals surface area contributed by atoms with E-state index in [-0.39, 0.29) is 11.3 Å². The van der Waals surface area contributed by atoms with Crippen molar-refractivity contribution in [3.63, 3.8) is 0 Å². The predicted molar refractivity (Wildman–Crippen MR) is 110 cm³/mol. The second-order valence-corrected chi connectivity index (χ2v) is 8.57. The molecule has 0 saturated carbocycles. The third kappa shape index (κ3) is 4.91. The summed E-state index contributed by atoms with van der Waals surface area (Å²) in [5, 5.41) is 0. The van der Waals surface area contributed by atoms with Crippen molar-refractivity contribution in [2.45, 2.75) is 46.1 Å². The monoisotopic (exact) mass is 380 g/mol. The number of likely N-dealkylation sites (tertiary alicyclic amines) is 1. The molecule has 0 radical (unpaired) electrons. The van der Waals surface area contributed by atoms with Gasteiger partial charge in [-0.25, -0.2) is 0 Å². The Labute approximate surface area is 166 Å². The van der Waals surface area contributed by atoms with Crippen LogP contribution in [0.15, 0.2) is 48.5 Å². The van der Waals surface area contributed by atoms with Gasteiger partial charge in [0.05, 0.1) is 0 Å². The van der Waals surface area contributed by atoms with Crippen LogP contribution in [0, 0.1) is 5.41 Å². The molecular weight excluding hydrogens is 352 g/mol. The van der Waals surface area contributed by atoms with E-state index in [2.05, 4.69) is 20.8 Å². The Morgan fingerprint density at radius 1 is 1.00 bits per heavy atom. The molecule has 0 spiro atoms. The summed E-state index contributed by atoms with van der Waals surface area (Å²) in [6.07, 6.45) is 3.15. The minimum absolute atomic E-state index is 0.0871. The van der Waals surface area contributed by atoms with Crippen molar-refractivity contribution < 1.29 is 14.3 Å². The summed E-state index contributed by atoms with van der Waals surface area (Å²) < 4.78 is 5.78. The van der Waals surface area contributed by atoms with Gasteiger partial charge in [-0.3, -0.25) is 9.59 Å². The first-order chi connectivity index (χ1) is 13.2. The summed E-state index contributed by atoms with van der Waals surface area (Å²) in [6, 6.07) is 14.2. The SMILES string of the molecule is CC(C)(C)CC1CCCN1C(=O)c1ccc(Oc2ccc(C(N)=O)cc2)cc1. The van der Waals surface area contributed by atoms with Crippen molar-refractivity contribution >= 4 is 11.8 Å². The smallest absolute Gasteiger partial charge is 0.254 e. The fourth-order valence-electron chi connectivity index (χ4n) is 3.68. The van der Waals surface area contributed by atoms with E-state index in [9.17, 15) is 9.59 Å². The average molecular weight is 380 g/mol. The fourth-order valence-corrected chi connectivity index (χ4v) is 3.68. The summed E-state index contributed by atoms with van der Waals surface area (Å²) in [7, 11) is 0. The van der Waals surface area contributed by atoms with Gasteiger partial charge in [0.1, 0.15) is 11.5 Å². The maximum absolute atomic E-state index is 13.0. The van der Waals surface area contributed by atoms with E-state index < -0.39 is 5.91 Å². The zero-order valence-electron chi connectivity index (χ0n) is 16.8. The normalized spacial score (nSPS) is 16.8. The third-order valence-electron chi connectivity index (χ3n) is 4.96. The van der Waals surface area contributed by atoms with Gasteiger partial charge in [0.2, 0.25) is 5.91 Å². The molecule has 2 aromatic carbocycles. The van der Waals surface area contributed by atoms with Crippen LogP contribution in [-0.2, 0) is 0 Å². The molecule has 1 fully saturated rings. The van der Waals surface area contributed by atoms with Crippen LogP contribution in [-0.4, -0.2) is 29.3 Å². The molecule has 1 heterocycles.